The van der Waals surface area contributed by atoms with E-state index in [0.717, 1.165) is 16.5 Å². The van der Waals surface area contributed by atoms with Crippen molar-refractivity contribution in [1.82, 2.24) is 4.98 Å². The summed E-state index contributed by atoms with van der Waals surface area (Å²) in [7, 11) is 0. The normalized spacial score (nSPS) is 12.6. The highest BCUT2D eigenvalue weighted by Crippen LogP contribution is 2.27. The summed E-state index contributed by atoms with van der Waals surface area (Å²) in [6, 6.07) is 14.6. The maximum absolute atomic E-state index is 6.48. The van der Waals surface area contributed by atoms with E-state index in [9.17, 15) is 0 Å². The van der Waals surface area contributed by atoms with Crippen LogP contribution in [-0.4, -0.2) is 4.98 Å². The molecule has 1 heterocycles. The molecule has 0 aliphatic rings. The predicted molar refractivity (Wildman–Crippen MR) is 83.7 cm³/mol. The molecule has 0 fully saturated rings. The van der Waals surface area contributed by atoms with Crippen molar-refractivity contribution in [3.05, 3.63) is 77.1 Å². The Morgan fingerprint density at radius 1 is 0.950 bits per heavy atom. The zero-order chi connectivity index (χ0) is 14.1. The molecule has 20 heavy (non-hydrogen) atoms. The van der Waals surface area contributed by atoms with Gasteiger partial charge in [-0.2, -0.15) is 0 Å². The van der Waals surface area contributed by atoms with Gasteiger partial charge in [-0.3, -0.25) is 4.98 Å². The fraction of sp³-hybridized carbons (Fsp3) is 0.167. The smallest absolute Gasteiger partial charge is 0.0573 e. The van der Waals surface area contributed by atoms with E-state index in [0.29, 0.717) is 0 Å². The Morgan fingerprint density at radius 2 is 1.65 bits per heavy atom. The molecule has 0 spiro atoms. The Bertz CT molecular complexity index is 737. The first kappa shape index (κ1) is 12.8. The van der Waals surface area contributed by atoms with Crippen molar-refractivity contribution in [2.75, 3.05) is 0 Å². The molecule has 0 bridgehead atoms. The van der Waals surface area contributed by atoms with Gasteiger partial charge < -0.3 is 5.73 Å². The van der Waals surface area contributed by atoms with Gasteiger partial charge >= 0.3 is 0 Å². The van der Waals surface area contributed by atoms with E-state index in [4.69, 9.17) is 5.73 Å². The summed E-state index contributed by atoms with van der Waals surface area (Å²) in [6.45, 7) is 4.20. The van der Waals surface area contributed by atoms with Gasteiger partial charge in [-0.1, -0.05) is 53.6 Å². The number of hydrogen-bond acceptors (Lipinski definition) is 2. The van der Waals surface area contributed by atoms with Crippen LogP contribution in [0.4, 0.5) is 0 Å². The highest BCUT2D eigenvalue weighted by Gasteiger charge is 2.13. The van der Waals surface area contributed by atoms with Crippen molar-refractivity contribution in [2.45, 2.75) is 19.9 Å². The number of nitrogens with two attached hydrogens (primary N) is 1. The standard InChI is InChI=1S/C18H18N2/c1-12-7-13(2)9-15(8-12)18(19)17-11-20-10-14-5-3-4-6-16(14)17/h3-11,18H,19H2,1-2H3. The van der Waals surface area contributed by atoms with Crippen LogP contribution in [0.5, 0.6) is 0 Å². The number of benzene rings is 2. The molecule has 0 radical (unpaired) electrons. The molecular formula is C18H18N2. The molecule has 0 saturated carbocycles. The van der Waals surface area contributed by atoms with Gasteiger partial charge in [0.25, 0.3) is 0 Å². The summed E-state index contributed by atoms with van der Waals surface area (Å²) in [5, 5.41) is 2.30. The summed E-state index contributed by atoms with van der Waals surface area (Å²) in [6.07, 6.45) is 3.76. The molecule has 0 aliphatic heterocycles. The number of aryl methyl sites for hydroxylation is 2. The largest absolute Gasteiger partial charge is 0.320 e. The average molecular weight is 262 g/mol. The van der Waals surface area contributed by atoms with Crippen molar-refractivity contribution in [2.24, 2.45) is 5.73 Å². The molecule has 2 aromatic carbocycles. The van der Waals surface area contributed by atoms with Gasteiger partial charge in [0.05, 0.1) is 6.04 Å². The van der Waals surface area contributed by atoms with E-state index in [1.807, 2.05) is 24.5 Å². The molecule has 1 unspecified atom stereocenters. The lowest BCUT2D eigenvalue weighted by Crippen LogP contribution is -2.13. The van der Waals surface area contributed by atoms with Gasteiger partial charge in [0, 0.05) is 17.8 Å². The minimum atomic E-state index is -0.146. The van der Waals surface area contributed by atoms with E-state index in [-0.39, 0.29) is 6.04 Å². The van der Waals surface area contributed by atoms with Crippen LogP contribution in [0, 0.1) is 13.8 Å². The van der Waals surface area contributed by atoms with E-state index in [2.05, 4.69) is 49.2 Å². The number of nitrogens with zero attached hydrogens (tertiary/aromatic N) is 1. The van der Waals surface area contributed by atoms with E-state index >= 15 is 0 Å². The zero-order valence-corrected chi connectivity index (χ0v) is 11.8. The van der Waals surface area contributed by atoms with E-state index in [1.54, 1.807) is 0 Å². The molecule has 3 rings (SSSR count). The number of hydrogen-bond donors (Lipinski definition) is 1. The molecule has 0 aliphatic carbocycles. The molecule has 1 atom stereocenters. The molecule has 2 N–H and O–H groups in total. The van der Waals surface area contributed by atoms with Crippen molar-refractivity contribution in [3.63, 3.8) is 0 Å². The van der Waals surface area contributed by atoms with Gasteiger partial charge in [0.2, 0.25) is 0 Å². The molecule has 0 saturated heterocycles. The topological polar surface area (TPSA) is 38.9 Å². The highest BCUT2D eigenvalue weighted by molar-refractivity contribution is 5.85. The second-order valence-corrected chi connectivity index (χ2v) is 5.35. The van der Waals surface area contributed by atoms with Crippen molar-refractivity contribution < 1.29 is 0 Å². The second kappa shape index (κ2) is 5.06. The summed E-state index contributed by atoms with van der Waals surface area (Å²) in [5.74, 6) is 0. The average Bonchev–Trinajstić information content (AvgIpc) is 2.45. The molecule has 100 valence electrons. The van der Waals surface area contributed by atoms with Gasteiger partial charge in [-0.05, 0) is 30.4 Å². The number of aromatic nitrogens is 1. The van der Waals surface area contributed by atoms with Crippen LogP contribution in [0.3, 0.4) is 0 Å². The minimum absolute atomic E-state index is 0.146. The Labute approximate surface area is 119 Å². The van der Waals surface area contributed by atoms with Crippen molar-refractivity contribution >= 4 is 10.8 Å². The first-order chi connectivity index (χ1) is 9.65. The molecule has 2 heteroatoms. The Morgan fingerprint density at radius 3 is 2.40 bits per heavy atom. The Balaban J connectivity index is 2.15. The zero-order valence-electron chi connectivity index (χ0n) is 11.8. The van der Waals surface area contributed by atoms with Gasteiger partial charge in [0.1, 0.15) is 0 Å². The van der Waals surface area contributed by atoms with Crippen LogP contribution in [0.15, 0.2) is 54.9 Å². The third kappa shape index (κ3) is 2.30. The lowest BCUT2D eigenvalue weighted by molar-refractivity contribution is 0.870. The number of pyridine rings is 1. The number of rotatable bonds is 2. The van der Waals surface area contributed by atoms with Gasteiger partial charge in [-0.15, -0.1) is 0 Å². The van der Waals surface area contributed by atoms with Gasteiger partial charge in [-0.25, -0.2) is 0 Å². The number of fused-ring (bicyclic) bond motifs is 1. The van der Waals surface area contributed by atoms with Crippen LogP contribution in [-0.2, 0) is 0 Å². The molecule has 3 aromatic rings. The maximum atomic E-state index is 6.48. The summed E-state index contributed by atoms with van der Waals surface area (Å²) >= 11 is 0. The van der Waals surface area contributed by atoms with Crippen LogP contribution < -0.4 is 5.73 Å². The third-order valence-corrected chi connectivity index (χ3v) is 3.64. The monoisotopic (exact) mass is 262 g/mol. The van der Waals surface area contributed by atoms with Crippen LogP contribution in [0.2, 0.25) is 0 Å². The fourth-order valence-electron chi connectivity index (χ4n) is 2.76. The third-order valence-electron chi connectivity index (χ3n) is 3.64. The van der Waals surface area contributed by atoms with Crippen molar-refractivity contribution in [3.8, 4) is 0 Å². The summed E-state index contributed by atoms with van der Waals surface area (Å²) < 4.78 is 0. The molecular weight excluding hydrogens is 244 g/mol. The lowest BCUT2D eigenvalue weighted by Gasteiger charge is -2.16. The van der Waals surface area contributed by atoms with Gasteiger partial charge in [0.15, 0.2) is 0 Å². The van der Waals surface area contributed by atoms with Crippen LogP contribution in [0.25, 0.3) is 10.8 Å². The summed E-state index contributed by atoms with van der Waals surface area (Å²) in [4.78, 5) is 4.32. The highest BCUT2D eigenvalue weighted by atomic mass is 14.7. The second-order valence-electron chi connectivity index (χ2n) is 5.35. The molecule has 1 aromatic heterocycles. The molecule has 0 amide bonds. The Hall–Kier alpha value is -2.19. The lowest BCUT2D eigenvalue weighted by atomic mass is 9.94. The Kier molecular flexibility index (Phi) is 3.25. The fourth-order valence-corrected chi connectivity index (χ4v) is 2.76. The van der Waals surface area contributed by atoms with E-state index < -0.39 is 0 Å². The molecule has 2 nitrogen and oxygen atoms in total. The van der Waals surface area contributed by atoms with Crippen LogP contribution >= 0.6 is 0 Å². The first-order valence-corrected chi connectivity index (χ1v) is 6.81. The van der Waals surface area contributed by atoms with Crippen molar-refractivity contribution in [1.29, 1.82) is 0 Å². The SMILES string of the molecule is Cc1cc(C)cc(C(N)c2cncc3ccccc23)c1. The minimum Gasteiger partial charge on any atom is -0.320 e. The summed E-state index contributed by atoms with van der Waals surface area (Å²) in [5.41, 5.74) is 11.2. The quantitative estimate of drug-likeness (QED) is 0.760. The maximum Gasteiger partial charge on any atom is 0.0573 e. The predicted octanol–water partition coefficient (Wildman–Crippen LogP) is 3.90. The first-order valence-electron chi connectivity index (χ1n) is 6.81. The van der Waals surface area contributed by atoms with E-state index in [1.165, 1.54) is 16.5 Å². The van der Waals surface area contributed by atoms with Crippen LogP contribution in [0.1, 0.15) is 28.3 Å².